The van der Waals surface area contributed by atoms with Crippen molar-refractivity contribution in [2.75, 3.05) is 5.33 Å². The van der Waals surface area contributed by atoms with E-state index >= 15 is 0 Å². The van der Waals surface area contributed by atoms with Crippen LogP contribution in [0.1, 0.15) is 105 Å². The van der Waals surface area contributed by atoms with Crippen molar-refractivity contribution in [1.29, 1.82) is 0 Å². The highest BCUT2D eigenvalue weighted by atomic mass is 79.9. The first-order chi connectivity index (χ1) is 15.9. The van der Waals surface area contributed by atoms with Gasteiger partial charge in [-0.3, -0.25) is 4.79 Å². The summed E-state index contributed by atoms with van der Waals surface area (Å²) in [5.74, 6) is 5.33. The zero-order valence-electron chi connectivity index (χ0n) is 22.3. The summed E-state index contributed by atoms with van der Waals surface area (Å²) >= 11 is 3.46. The number of fused-ring (bicyclic) bond motifs is 5. The van der Waals surface area contributed by atoms with Crippen molar-refractivity contribution in [3.8, 4) is 0 Å². The summed E-state index contributed by atoms with van der Waals surface area (Å²) in [5, 5.41) is 23.7. The maximum absolute atomic E-state index is 12.8. The van der Waals surface area contributed by atoms with Crippen molar-refractivity contribution in [1.82, 2.24) is 0 Å². The maximum Gasteiger partial charge on any atom is 0.147 e. The fraction of sp³-hybridized carbons (Fsp3) is 0.967. The van der Waals surface area contributed by atoms with E-state index in [0.717, 1.165) is 62.7 Å². The van der Waals surface area contributed by atoms with Gasteiger partial charge in [0.2, 0.25) is 0 Å². The van der Waals surface area contributed by atoms with Crippen molar-refractivity contribution in [2.45, 2.75) is 116 Å². The summed E-state index contributed by atoms with van der Waals surface area (Å²) in [6.07, 6.45) is 11.6. The molecule has 3 nitrogen and oxygen atoms in total. The van der Waals surface area contributed by atoms with E-state index in [1.54, 1.807) is 0 Å². The maximum atomic E-state index is 12.8. The standard InChI is InChI=1S/C30H49BrO3/c1-18-14-22-20(9-12-28(4)24(22)6-7-25(28)26(32)16-31)21-10-13-30(34,15-23(18)21)29(5)17-27(3,33)11-8-19(29)2/h18-25,33-34H,6-17H2,1-5H3. The topological polar surface area (TPSA) is 57.5 Å². The molecule has 0 aromatic rings. The molecule has 5 saturated carbocycles. The van der Waals surface area contributed by atoms with Gasteiger partial charge in [0.25, 0.3) is 0 Å². The molecule has 0 radical (unpaired) electrons. The van der Waals surface area contributed by atoms with Gasteiger partial charge in [-0.1, -0.05) is 43.6 Å². The molecule has 2 N–H and O–H groups in total. The van der Waals surface area contributed by atoms with Gasteiger partial charge >= 0.3 is 0 Å². The third-order valence-electron chi connectivity index (χ3n) is 13.0. The molecule has 0 aliphatic heterocycles. The Bertz CT molecular complexity index is 811. The Morgan fingerprint density at radius 2 is 1.56 bits per heavy atom. The number of Topliss-reactive ketones (excluding diaryl/α,β-unsaturated/α-hetero) is 1. The number of alkyl halides is 1. The Labute approximate surface area is 216 Å². The van der Waals surface area contributed by atoms with Crippen molar-refractivity contribution in [3.63, 3.8) is 0 Å². The van der Waals surface area contributed by atoms with Crippen molar-refractivity contribution < 1.29 is 15.0 Å². The number of hydrogen-bond acceptors (Lipinski definition) is 3. The summed E-state index contributed by atoms with van der Waals surface area (Å²) < 4.78 is 0. The van der Waals surface area contributed by atoms with E-state index in [2.05, 4.69) is 43.6 Å². The predicted molar refractivity (Wildman–Crippen MR) is 141 cm³/mol. The average molecular weight is 538 g/mol. The number of carbonyl (C=O) groups is 1. The van der Waals surface area contributed by atoms with Crippen LogP contribution in [0.5, 0.6) is 0 Å². The Morgan fingerprint density at radius 1 is 0.882 bits per heavy atom. The average Bonchev–Trinajstić information content (AvgIpc) is 3.13. The summed E-state index contributed by atoms with van der Waals surface area (Å²) in [5.41, 5.74) is -1.33. The van der Waals surface area contributed by atoms with Crippen LogP contribution in [-0.4, -0.2) is 32.5 Å². The fourth-order valence-corrected chi connectivity index (χ4v) is 11.3. The first-order valence-corrected chi connectivity index (χ1v) is 15.5. The lowest BCUT2D eigenvalue weighted by molar-refractivity contribution is -0.207. The molecular formula is C30H49BrO3. The molecule has 0 aromatic carbocycles. The zero-order chi connectivity index (χ0) is 24.7. The number of carbonyl (C=O) groups excluding carboxylic acids is 1. The number of halogens is 1. The van der Waals surface area contributed by atoms with Gasteiger partial charge in [0, 0.05) is 11.3 Å². The summed E-state index contributed by atoms with van der Waals surface area (Å²) in [6, 6.07) is 0. The molecule has 4 heteroatoms. The molecule has 34 heavy (non-hydrogen) atoms. The molecule has 5 rings (SSSR count). The summed E-state index contributed by atoms with van der Waals surface area (Å²) in [6.45, 7) is 11.5. The van der Waals surface area contributed by atoms with Crippen molar-refractivity contribution in [2.24, 2.45) is 58.2 Å². The second kappa shape index (κ2) is 8.55. The van der Waals surface area contributed by atoms with Gasteiger partial charge in [0.05, 0.1) is 16.5 Å². The largest absolute Gasteiger partial charge is 0.390 e. The Kier molecular flexibility index (Phi) is 6.47. The molecular weight excluding hydrogens is 488 g/mol. The highest BCUT2D eigenvalue weighted by Gasteiger charge is 2.63. The molecule has 5 aliphatic rings. The van der Waals surface area contributed by atoms with Crippen LogP contribution in [0.25, 0.3) is 0 Å². The second-order valence-corrected chi connectivity index (χ2v) is 15.1. The molecule has 12 atom stereocenters. The van der Waals surface area contributed by atoms with E-state index in [1.165, 1.54) is 25.7 Å². The van der Waals surface area contributed by atoms with Crippen LogP contribution in [0, 0.1) is 58.2 Å². The predicted octanol–water partition coefficient (Wildman–Crippen LogP) is 6.77. The van der Waals surface area contributed by atoms with Crippen LogP contribution in [0.15, 0.2) is 0 Å². The molecule has 0 heterocycles. The first kappa shape index (κ1) is 25.7. The minimum atomic E-state index is -0.664. The molecule has 5 aliphatic carbocycles. The van der Waals surface area contributed by atoms with Gasteiger partial charge in [-0.15, -0.1) is 0 Å². The lowest BCUT2D eigenvalue weighted by Gasteiger charge is -2.62. The van der Waals surface area contributed by atoms with E-state index in [4.69, 9.17) is 0 Å². The lowest BCUT2D eigenvalue weighted by atomic mass is 9.44. The monoisotopic (exact) mass is 536 g/mol. The number of hydrogen-bond donors (Lipinski definition) is 2. The molecule has 5 fully saturated rings. The molecule has 0 saturated heterocycles. The SMILES string of the molecule is CC1CC2C(CCC3(C)C(C(=O)CBr)CCC23)C2CCC(O)(C3(C)CC(C)(O)CCC3C)CC12. The number of ketones is 1. The van der Waals surface area contributed by atoms with E-state index < -0.39 is 11.2 Å². The van der Waals surface area contributed by atoms with E-state index in [1.807, 2.05) is 6.92 Å². The zero-order valence-corrected chi connectivity index (χ0v) is 23.9. The van der Waals surface area contributed by atoms with Gasteiger partial charge in [-0.2, -0.15) is 0 Å². The lowest BCUT2D eigenvalue weighted by Crippen LogP contribution is -2.61. The Hall–Kier alpha value is 0.0700. The molecule has 0 spiro atoms. The van der Waals surface area contributed by atoms with E-state index in [9.17, 15) is 15.0 Å². The minimum absolute atomic E-state index is 0.199. The summed E-state index contributed by atoms with van der Waals surface area (Å²) in [4.78, 5) is 12.8. The third-order valence-corrected chi connectivity index (χ3v) is 13.5. The fourth-order valence-electron chi connectivity index (χ4n) is 10.9. The van der Waals surface area contributed by atoms with Crippen LogP contribution in [0.2, 0.25) is 0 Å². The van der Waals surface area contributed by atoms with Gasteiger partial charge in [0.1, 0.15) is 5.78 Å². The quantitative estimate of drug-likeness (QED) is 0.391. The highest BCUT2D eigenvalue weighted by Crippen LogP contribution is 2.67. The normalized spacial score (nSPS) is 57.4. The van der Waals surface area contributed by atoms with Crippen molar-refractivity contribution >= 4 is 21.7 Å². The van der Waals surface area contributed by atoms with Gasteiger partial charge in [-0.25, -0.2) is 0 Å². The molecule has 194 valence electrons. The molecule has 0 amide bonds. The number of rotatable bonds is 3. The molecule has 0 bridgehead atoms. The number of aliphatic hydroxyl groups is 2. The summed E-state index contributed by atoms with van der Waals surface area (Å²) in [7, 11) is 0. The van der Waals surface area contributed by atoms with Gasteiger partial charge < -0.3 is 10.2 Å². The van der Waals surface area contributed by atoms with Crippen LogP contribution < -0.4 is 0 Å². The smallest absolute Gasteiger partial charge is 0.147 e. The van der Waals surface area contributed by atoms with Crippen LogP contribution in [-0.2, 0) is 4.79 Å². The minimum Gasteiger partial charge on any atom is -0.390 e. The first-order valence-electron chi connectivity index (χ1n) is 14.4. The Balaban J connectivity index is 1.37. The van der Waals surface area contributed by atoms with E-state index in [-0.39, 0.29) is 16.7 Å². The van der Waals surface area contributed by atoms with Crippen LogP contribution in [0.4, 0.5) is 0 Å². The highest BCUT2D eigenvalue weighted by molar-refractivity contribution is 9.09. The third kappa shape index (κ3) is 3.73. The van der Waals surface area contributed by atoms with Crippen LogP contribution >= 0.6 is 15.9 Å². The second-order valence-electron chi connectivity index (χ2n) is 14.6. The molecule has 0 aromatic heterocycles. The Morgan fingerprint density at radius 3 is 2.26 bits per heavy atom. The van der Waals surface area contributed by atoms with Crippen molar-refractivity contribution in [3.05, 3.63) is 0 Å². The van der Waals surface area contributed by atoms with Gasteiger partial charge in [0.15, 0.2) is 0 Å². The van der Waals surface area contributed by atoms with E-state index in [0.29, 0.717) is 34.8 Å². The molecule has 12 unspecified atom stereocenters. The van der Waals surface area contributed by atoms with Crippen LogP contribution in [0.3, 0.4) is 0 Å². The van der Waals surface area contributed by atoms with Gasteiger partial charge in [-0.05, 0) is 124 Å².